The minimum Gasteiger partial charge on any atom is -0.468 e. The summed E-state index contributed by atoms with van der Waals surface area (Å²) in [6.07, 6.45) is 0.301. The van der Waals surface area contributed by atoms with Gasteiger partial charge in [-0.25, -0.2) is 9.59 Å². The van der Waals surface area contributed by atoms with Crippen LogP contribution in [0.2, 0.25) is 0 Å². The summed E-state index contributed by atoms with van der Waals surface area (Å²) < 4.78 is 15.6. The van der Waals surface area contributed by atoms with Crippen molar-refractivity contribution in [1.82, 2.24) is 24.9 Å². The molecule has 1 unspecified atom stereocenters. The summed E-state index contributed by atoms with van der Waals surface area (Å²) in [5.41, 5.74) is -0.624. The highest BCUT2D eigenvalue weighted by Gasteiger charge is 2.38. The van der Waals surface area contributed by atoms with E-state index in [4.69, 9.17) is 19.6 Å². The van der Waals surface area contributed by atoms with Crippen molar-refractivity contribution in [2.24, 2.45) is 0 Å². The van der Waals surface area contributed by atoms with Crippen LogP contribution in [-0.4, -0.2) is 127 Å². The topological polar surface area (TPSA) is 128 Å². The molecule has 3 aliphatic heterocycles. The second-order valence-corrected chi connectivity index (χ2v) is 10.0. The Bertz CT molecular complexity index is 755. The maximum absolute atomic E-state index is 12.5. The SMILES string of the molecule is COC(=O)CN1CCN(CC2CN(C3CCN(C(=N)NC(=O)OC(C)(C)C)CC3)C(=O)O2)CC1. The molecule has 2 N–H and O–H groups in total. The van der Waals surface area contributed by atoms with Gasteiger partial charge in [-0.05, 0) is 33.6 Å². The lowest BCUT2D eigenvalue weighted by atomic mass is 10.0. The molecule has 192 valence electrons. The molecule has 3 heterocycles. The summed E-state index contributed by atoms with van der Waals surface area (Å²) in [5, 5.41) is 10.6. The van der Waals surface area contributed by atoms with E-state index in [2.05, 4.69) is 15.1 Å². The Morgan fingerprint density at radius 2 is 1.71 bits per heavy atom. The first kappa shape index (κ1) is 26.0. The van der Waals surface area contributed by atoms with E-state index < -0.39 is 11.7 Å². The van der Waals surface area contributed by atoms with Crippen molar-refractivity contribution in [3.8, 4) is 0 Å². The van der Waals surface area contributed by atoms with Gasteiger partial charge in [-0.1, -0.05) is 0 Å². The van der Waals surface area contributed by atoms with Crippen molar-refractivity contribution >= 4 is 24.1 Å². The zero-order valence-corrected chi connectivity index (χ0v) is 20.7. The Kier molecular flexibility index (Phi) is 8.58. The molecule has 12 nitrogen and oxygen atoms in total. The van der Waals surface area contributed by atoms with Gasteiger partial charge in [0, 0.05) is 51.9 Å². The summed E-state index contributed by atoms with van der Waals surface area (Å²) >= 11 is 0. The van der Waals surface area contributed by atoms with Gasteiger partial charge in [0.1, 0.15) is 11.7 Å². The molecule has 3 saturated heterocycles. The third kappa shape index (κ3) is 7.45. The fourth-order valence-corrected chi connectivity index (χ4v) is 4.48. The number of nitrogens with one attached hydrogen (secondary N) is 2. The van der Waals surface area contributed by atoms with Gasteiger partial charge in [-0.3, -0.25) is 25.3 Å². The Balaban J connectivity index is 1.38. The number of hydrogen-bond acceptors (Lipinski definition) is 9. The number of nitrogens with zero attached hydrogens (tertiary/aromatic N) is 4. The van der Waals surface area contributed by atoms with Gasteiger partial charge >= 0.3 is 18.2 Å². The number of carbonyl (C=O) groups is 3. The number of guanidine groups is 1. The fourth-order valence-electron chi connectivity index (χ4n) is 4.48. The third-order valence-corrected chi connectivity index (χ3v) is 6.25. The van der Waals surface area contributed by atoms with Crippen molar-refractivity contribution < 1.29 is 28.6 Å². The second kappa shape index (κ2) is 11.2. The Morgan fingerprint density at radius 3 is 2.29 bits per heavy atom. The standard InChI is InChI=1S/C22H38N6O6/c1-22(2,3)34-20(30)24-19(23)27-7-5-16(6-8-27)28-14-17(33-21(28)31)13-25-9-11-26(12-10-25)15-18(29)32-4/h16-17H,5-15H2,1-4H3,(H2,23,24,30). The maximum Gasteiger partial charge on any atom is 0.414 e. The first-order chi connectivity index (χ1) is 16.0. The number of alkyl carbamates (subject to hydrolysis) is 1. The summed E-state index contributed by atoms with van der Waals surface area (Å²) in [6, 6.07) is 0.0555. The van der Waals surface area contributed by atoms with Crippen LogP contribution in [-0.2, 0) is 19.0 Å². The largest absolute Gasteiger partial charge is 0.468 e. The average molecular weight is 483 g/mol. The average Bonchev–Trinajstić information content (AvgIpc) is 3.13. The minimum atomic E-state index is -0.642. The summed E-state index contributed by atoms with van der Waals surface area (Å²) in [7, 11) is 1.40. The monoisotopic (exact) mass is 482 g/mol. The molecule has 0 aromatic rings. The van der Waals surface area contributed by atoms with E-state index in [-0.39, 0.29) is 30.2 Å². The molecule has 0 aliphatic carbocycles. The first-order valence-corrected chi connectivity index (χ1v) is 11.9. The van der Waals surface area contributed by atoms with Crippen molar-refractivity contribution in [3.63, 3.8) is 0 Å². The molecule has 3 rings (SSSR count). The third-order valence-electron chi connectivity index (χ3n) is 6.25. The van der Waals surface area contributed by atoms with E-state index in [0.717, 1.165) is 26.2 Å². The highest BCUT2D eigenvalue weighted by atomic mass is 16.6. The van der Waals surface area contributed by atoms with Crippen LogP contribution in [0.25, 0.3) is 0 Å². The number of hydrogen-bond donors (Lipinski definition) is 2. The van der Waals surface area contributed by atoms with E-state index in [9.17, 15) is 14.4 Å². The number of piperazine rings is 1. The van der Waals surface area contributed by atoms with Gasteiger partial charge in [0.2, 0.25) is 5.96 Å². The molecule has 1 atom stereocenters. The smallest absolute Gasteiger partial charge is 0.414 e. The Hall–Kier alpha value is -2.60. The number of likely N-dealkylation sites (tertiary alicyclic amines) is 1. The van der Waals surface area contributed by atoms with E-state index in [1.165, 1.54) is 7.11 Å². The van der Waals surface area contributed by atoms with Crippen LogP contribution in [0.15, 0.2) is 0 Å². The van der Waals surface area contributed by atoms with Gasteiger partial charge in [-0.15, -0.1) is 0 Å². The zero-order valence-electron chi connectivity index (χ0n) is 20.7. The van der Waals surface area contributed by atoms with Gasteiger partial charge in [0.05, 0.1) is 20.2 Å². The quantitative estimate of drug-likeness (QED) is 0.249. The molecule has 12 heteroatoms. The van der Waals surface area contributed by atoms with Crippen LogP contribution in [0, 0.1) is 5.41 Å². The lowest BCUT2D eigenvalue weighted by molar-refractivity contribution is -0.142. The number of ether oxygens (including phenoxy) is 3. The van der Waals surface area contributed by atoms with E-state index in [0.29, 0.717) is 45.6 Å². The molecule has 3 fully saturated rings. The lowest BCUT2D eigenvalue weighted by Gasteiger charge is -2.37. The summed E-state index contributed by atoms with van der Waals surface area (Å²) in [4.78, 5) is 43.8. The van der Waals surface area contributed by atoms with Crippen molar-refractivity contribution in [3.05, 3.63) is 0 Å². The molecule has 0 radical (unpaired) electrons. The van der Waals surface area contributed by atoms with Gasteiger partial charge in [0.15, 0.2) is 0 Å². The molecule has 0 spiro atoms. The predicted molar refractivity (Wildman–Crippen MR) is 124 cm³/mol. The number of amides is 2. The first-order valence-electron chi connectivity index (χ1n) is 11.9. The number of esters is 1. The zero-order chi connectivity index (χ0) is 24.9. The Labute approximate surface area is 200 Å². The molecule has 3 aliphatic rings. The van der Waals surface area contributed by atoms with E-state index in [1.54, 1.807) is 30.6 Å². The van der Waals surface area contributed by atoms with Crippen LogP contribution in [0.4, 0.5) is 9.59 Å². The molecule has 2 amide bonds. The number of piperidine rings is 1. The van der Waals surface area contributed by atoms with Gasteiger partial charge < -0.3 is 24.0 Å². The van der Waals surface area contributed by atoms with Crippen LogP contribution < -0.4 is 5.32 Å². The van der Waals surface area contributed by atoms with Gasteiger partial charge in [0.25, 0.3) is 0 Å². The number of cyclic esters (lactones) is 1. The van der Waals surface area contributed by atoms with Crippen LogP contribution in [0.1, 0.15) is 33.6 Å². The normalized spacial score (nSPS) is 22.9. The van der Waals surface area contributed by atoms with Gasteiger partial charge in [-0.2, -0.15) is 0 Å². The molecule has 34 heavy (non-hydrogen) atoms. The molecular formula is C22H38N6O6. The maximum atomic E-state index is 12.5. The van der Waals surface area contributed by atoms with Crippen LogP contribution in [0.5, 0.6) is 0 Å². The summed E-state index contributed by atoms with van der Waals surface area (Å²) in [6.45, 7) is 11.2. The van der Waals surface area contributed by atoms with E-state index >= 15 is 0 Å². The molecule has 0 aromatic heterocycles. The second-order valence-electron chi connectivity index (χ2n) is 10.0. The molecular weight excluding hydrogens is 444 g/mol. The van der Waals surface area contributed by atoms with Crippen molar-refractivity contribution in [1.29, 1.82) is 5.41 Å². The highest BCUT2D eigenvalue weighted by Crippen LogP contribution is 2.23. The van der Waals surface area contributed by atoms with Crippen molar-refractivity contribution in [2.75, 3.05) is 66.0 Å². The predicted octanol–water partition coefficient (Wildman–Crippen LogP) is 0.522. The van der Waals surface area contributed by atoms with Crippen LogP contribution >= 0.6 is 0 Å². The number of methoxy groups -OCH3 is 1. The molecule has 0 bridgehead atoms. The number of carbonyl (C=O) groups excluding carboxylic acids is 3. The highest BCUT2D eigenvalue weighted by molar-refractivity contribution is 5.92. The molecule has 0 aromatic carbocycles. The van der Waals surface area contributed by atoms with E-state index in [1.807, 2.05) is 0 Å². The van der Waals surface area contributed by atoms with Crippen molar-refractivity contribution in [2.45, 2.75) is 51.4 Å². The van der Waals surface area contributed by atoms with Crippen LogP contribution in [0.3, 0.4) is 0 Å². The summed E-state index contributed by atoms with van der Waals surface area (Å²) in [5.74, 6) is -0.212. The minimum absolute atomic E-state index is 0.0147. The lowest BCUT2D eigenvalue weighted by Crippen LogP contribution is -2.52. The Morgan fingerprint density at radius 1 is 1.09 bits per heavy atom. The fraction of sp³-hybridized carbons (Fsp3) is 0.818. The molecule has 0 saturated carbocycles. The number of rotatable bonds is 5.